The second-order valence-corrected chi connectivity index (χ2v) is 5.20. The van der Waals surface area contributed by atoms with Gasteiger partial charge in [-0.1, -0.05) is 6.92 Å². The summed E-state index contributed by atoms with van der Waals surface area (Å²) in [6.45, 7) is 5.63. The van der Waals surface area contributed by atoms with Crippen molar-refractivity contribution in [2.45, 2.75) is 32.6 Å². The van der Waals surface area contributed by atoms with E-state index in [0.717, 1.165) is 25.3 Å². The van der Waals surface area contributed by atoms with E-state index in [-0.39, 0.29) is 5.41 Å². The Balaban J connectivity index is 1.82. The number of rotatable bonds is 4. The van der Waals surface area contributed by atoms with Crippen molar-refractivity contribution in [3.8, 4) is 0 Å². The lowest BCUT2D eigenvalue weighted by Crippen LogP contribution is -2.29. The summed E-state index contributed by atoms with van der Waals surface area (Å²) in [6.07, 6.45) is 3.88. The van der Waals surface area contributed by atoms with Crippen LogP contribution in [0.25, 0.3) is 0 Å². The Morgan fingerprint density at radius 1 is 1.57 bits per heavy atom. The zero-order valence-electron chi connectivity index (χ0n) is 8.83. The molecule has 0 radical (unpaired) electrons. The van der Waals surface area contributed by atoms with Crippen molar-refractivity contribution in [1.82, 2.24) is 4.90 Å². The van der Waals surface area contributed by atoms with E-state index in [2.05, 4.69) is 11.8 Å². The van der Waals surface area contributed by atoms with Crippen molar-refractivity contribution in [2.24, 2.45) is 11.3 Å². The summed E-state index contributed by atoms with van der Waals surface area (Å²) in [6, 6.07) is 0. The van der Waals surface area contributed by atoms with Crippen LogP contribution in [0, 0.1) is 11.3 Å². The standard InChI is InChI=1S/C11H19NO2/c1-9-2-5-12(7-9)8-11(3-4-11)6-10(13)14/h9H,2-8H2,1H3,(H,13,14). The normalized spacial score (nSPS) is 30.5. The van der Waals surface area contributed by atoms with Crippen molar-refractivity contribution < 1.29 is 9.90 Å². The highest BCUT2D eigenvalue weighted by Crippen LogP contribution is 2.49. The highest BCUT2D eigenvalue weighted by Gasteiger charge is 2.46. The molecule has 0 bridgehead atoms. The van der Waals surface area contributed by atoms with Gasteiger partial charge in [0, 0.05) is 13.1 Å². The van der Waals surface area contributed by atoms with E-state index in [1.54, 1.807) is 0 Å². The average Bonchev–Trinajstić information content (AvgIpc) is 2.67. The Morgan fingerprint density at radius 3 is 2.71 bits per heavy atom. The molecular weight excluding hydrogens is 178 g/mol. The monoisotopic (exact) mass is 197 g/mol. The molecule has 0 aromatic carbocycles. The molecule has 0 aromatic heterocycles. The topological polar surface area (TPSA) is 40.5 Å². The van der Waals surface area contributed by atoms with Crippen molar-refractivity contribution in [2.75, 3.05) is 19.6 Å². The minimum atomic E-state index is -0.630. The second-order valence-electron chi connectivity index (χ2n) is 5.20. The van der Waals surface area contributed by atoms with Crippen molar-refractivity contribution >= 4 is 5.97 Å². The maximum absolute atomic E-state index is 10.7. The first-order chi connectivity index (χ1) is 6.60. The van der Waals surface area contributed by atoms with Crippen LogP contribution in [0.3, 0.4) is 0 Å². The molecule has 3 heteroatoms. The van der Waals surface area contributed by atoms with Gasteiger partial charge < -0.3 is 10.0 Å². The van der Waals surface area contributed by atoms with E-state index in [1.165, 1.54) is 19.5 Å². The molecular formula is C11H19NO2. The van der Waals surface area contributed by atoms with Crippen LogP contribution >= 0.6 is 0 Å². The Hall–Kier alpha value is -0.570. The molecule has 0 aromatic rings. The fourth-order valence-electron chi connectivity index (χ4n) is 2.53. The second kappa shape index (κ2) is 3.54. The third-order valence-corrected chi connectivity index (χ3v) is 3.55. The Bertz CT molecular complexity index is 235. The molecule has 1 unspecified atom stereocenters. The van der Waals surface area contributed by atoms with Crippen LogP contribution in [-0.4, -0.2) is 35.6 Å². The number of hydrogen-bond acceptors (Lipinski definition) is 2. The van der Waals surface area contributed by atoms with E-state index >= 15 is 0 Å². The van der Waals surface area contributed by atoms with E-state index in [0.29, 0.717) is 6.42 Å². The van der Waals surface area contributed by atoms with E-state index in [4.69, 9.17) is 5.11 Å². The van der Waals surface area contributed by atoms with Crippen LogP contribution < -0.4 is 0 Å². The Kier molecular flexibility index (Phi) is 2.52. The van der Waals surface area contributed by atoms with Crippen LogP contribution in [-0.2, 0) is 4.79 Å². The fraction of sp³-hybridized carbons (Fsp3) is 0.909. The lowest BCUT2D eigenvalue weighted by molar-refractivity contribution is -0.138. The number of hydrogen-bond donors (Lipinski definition) is 1. The van der Waals surface area contributed by atoms with Gasteiger partial charge in [0.1, 0.15) is 0 Å². The zero-order chi connectivity index (χ0) is 10.2. The summed E-state index contributed by atoms with van der Waals surface area (Å²) in [5.74, 6) is 0.172. The molecule has 2 fully saturated rings. The molecule has 2 aliphatic rings. The molecule has 1 atom stereocenters. The SMILES string of the molecule is CC1CCN(CC2(CC(=O)O)CC2)C1. The lowest BCUT2D eigenvalue weighted by Gasteiger charge is -2.21. The van der Waals surface area contributed by atoms with Crippen LogP contribution in [0.1, 0.15) is 32.6 Å². The molecule has 1 aliphatic carbocycles. The summed E-state index contributed by atoms with van der Waals surface area (Å²) in [5, 5.41) is 8.80. The number of carbonyl (C=O) groups is 1. The molecule has 80 valence electrons. The van der Waals surface area contributed by atoms with Gasteiger partial charge in [-0.2, -0.15) is 0 Å². The molecule has 0 spiro atoms. The van der Waals surface area contributed by atoms with Gasteiger partial charge in [-0.05, 0) is 37.1 Å². The maximum atomic E-state index is 10.7. The Labute approximate surface area is 85.1 Å². The molecule has 3 nitrogen and oxygen atoms in total. The van der Waals surface area contributed by atoms with Gasteiger partial charge >= 0.3 is 5.97 Å². The van der Waals surface area contributed by atoms with Gasteiger partial charge in [0.25, 0.3) is 0 Å². The molecule has 1 N–H and O–H groups in total. The molecule has 14 heavy (non-hydrogen) atoms. The quantitative estimate of drug-likeness (QED) is 0.744. The Morgan fingerprint density at radius 2 is 2.29 bits per heavy atom. The number of carboxylic acid groups (broad SMARTS) is 1. The van der Waals surface area contributed by atoms with Crippen molar-refractivity contribution in [3.05, 3.63) is 0 Å². The van der Waals surface area contributed by atoms with Gasteiger partial charge in [-0.3, -0.25) is 4.79 Å². The summed E-state index contributed by atoms with van der Waals surface area (Å²) in [7, 11) is 0. The largest absolute Gasteiger partial charge is 0.481 e. The van der Waals surface area contributed by atoms with Crippen LogP contribution in [0.15, 0.2) is 0 Å². The molecule has 1 aliphatic heterocycles. The molecule has 1 saturated heterocycles. The summed E-state index contributed by atoms with van der Waals surface area (Å²) < 4.78 is 0. The third kappa shape index (κ3) is 2.27. The highest BCUT2D eigenvalue weighted by atomic mass is 16.4. The summed E-state index contributed by atoms with van der Waals surface area (Å²) in [5.41, 5.74) is 0.149. The third-order valence-electron chi connectivity index (χ3n) is 3.55. The van der Waals surface area contributed by atoms with Crippen LogP contribution in [0.5, 0.6) is 0 Å². The molecule has 2 rings (SSSR count). The first-order valence-electron chi connectivity index (χ1n) is 5.54. The minimum Gasteiger partial charge on any atom is -0.481 e. The summed E-state index contributed by atoms with van der Waals surface area (Å²) >= 11 is 0. The van der Waals surface area contributed by atoms with Crippen molar-refractivity contribution in [1.29, 1.82) is 0 Å². The zero-order valence-corrected chi connectivity index (χ0v) is 8.83. The van der Waals surface area contributed by atoms with Gasteiger partial charge in [0.2, 0.25) is 0 Å². The van der Waals surface area contributed by atoms with E-state index in [1.807, 2.05) is 0 Å². The number of carboxylic acids is 1. The van der Waals surface area contributed by atoms with Gasteiger partial charge in [-0.15, -0.1) is 0 Å². The predicted molar refractivity (Wildman–Crippen MR) is 54.1 cm³/mol. The van der Waals surface area contributed by atoms with Crippen LogP contribution in [0.2, 0.25) is 0 Å². The smallest absolute Gasteiger partial charge is 0.303 e. The van der Waals surface area contributed by atoms with Crippen LogP contribution in [0.4, 0.5) is 0 Å². The maximum Gasteiger partial charge on any atom is 0.303 e. The molecule has 0 amide bonds. The number of aliphatic carboxylic acids is 1. The van der Waals surface area contributed by atoms with Gasteiger partial charge in [0.15, 0.2) is 0 Å². The molecule has 1 saturated carbocycles. The first-order valence-corrected chi connectivity index (χ1v) is 5.54. The fourth-order valence-corrected chi connectivity index (χ4v) is 2.53. The van der Waals surface area contributed by atoms with E-state index < -0.39 is 5.97 Å². The minimum absolute atomic E-state index is 0.149. The summed E-state index contributed by atoms with van der Waals surface area (Å²) in [4.78, 5) is 13.1. The average molecular weight is 197 g/mol. The highest BCUT2D eigenvalue weighted by molar-refractivity contribution is 5.68. The van der Waals surface area contributed by atoms with Gasteiger partial charge in [0.05, 0.1) is 6.42 Å². The number of nitrogens with zero attached hydrogens (tertiary/aromatic N) is 1. The number of likely N-dealkylation sites (tertiary alicyclic amines) is 1. The first kappa shape index (κ1) is 9.97. The van der Waals surface area contributed by atoms with Gasteiger partial charge in [-0.25, -0.2) is 0 Å². The predicted octanol–water partition coefficient (Wildman–Crippen LogP) is 1.58. The van der Waals surface area contributed by atoms with E-state index in [9.17, 15) is 4.79 Å². The van der Waals surface area contributed by atoms with Crippen molar-refractivity contribution in [3.63, 3.8) is 0 Å². The molecule has 1 heterocycles. The lowest BCUT2D eigenvalue weighted by atomic mass is 10.0.